The van der Waals surface area contributed by atoms with Crippen LogP contribution in [-0.4, -0.2) is 8.07 Å². The van der Waals surface area contributed by atoms with E-state index in [-0.39, 0.29) is 0 Å². The quantitative estimate of drug-likeness (QED) is 0.225. The summed E-state index contributed by atoms with van der Waals surface area (Å²) in [4.78, 5) is 0. The predicted octanol–water partition coefficient (Wildman–Crippen LogP) is 14.2. The molecule has 0 heterocycles. The molecule has 0 saturated heterocycles. The Kier molecular flexibility index (Phi) is 10.2. The molecule has 8 unspecified atom stereocenters. The number of fused-ring (bicyclic) bond motifs is 2. The van der Waals surface area contributed by atoms with Crippen LogP contribution in [-0.2, 0) is 0 Å². The highest BCUT2D eigenvalue weighted by molar-refractivity contribution is 6.80. The molecule has 4 fully saturated rings. The van der Waals surface area contributed by atoms with Crippen molar-refractivity contribution in [2.45, 2.75) is 154 Å². The van der Waals surface area contributed by atoms with E-state index in [1.807, 2.05) is 0 Å². The average molecular weight is 673 g/mol. The van der Waals surface area contributed by atoms with Gasteiger partial charge < -0.3 is 0 Å². The molecular formula is C48H68Si. The minimum absolute atomic E-state index is 0.752. The molecule has 0 radical (unpaired) electrons. The van der Waals surface area contributed by atoms with Crippen molar-refractivity contribution in [3.63, 3.8) is 0 Å². The highest BCUT2D eigenvalue weighted by Gasteiger charge is 2.59. The molecule has 8 aliphatic carbocycles. The second kappa shape index (κ2) is 14.6. The summed E-state index contributed by atoms with van der Waals surface area (Å²) in [5.74, 6) is 6.82. The van der Waals surface area contributed by atoms with Gasteiger partial charge in [-0.25, -0.2) is 0 Å². The van der Waals surface area contributed by atoms with Gasteiger partial charge >= 0.3 is 0 Å². The van der Waals surface area contributed by atoms with Crippen LogP contribution in [0, 0.1) is 47.3 Å². The van der Waals surface area contributed by atoms with Crippen molar-refractivity contribution in [2.75, 3.05) is 0 Å². The topological polar surface area (TPSA) is 0 Å². The smallest absolute Gasteiger partial charge is 0.0553 e. The van der Waals surface area contributed by atoms with E-state index in [1.54, 1.807) is 33.4 Å². The lowest BCUT2D eigenvalue weighted by Crippen LogP contribution is -2.47. The monoisotopic (exact) mass is 673 g/mol. The van der Waals surface area contributed by atoms with E-state index in [1.165, 1.54) is 116 Å². The fourth-order valence-corrected chi connectivity index (χ4v) is 19.7. The van der Waals surface area contributed by atoms with Gasteiger partial charge in [-0.15, -0.1) is 0 Å². The predicted molar refractivity (Wildman–Crippen MR) is 214 cm³/mol. The largest absolute Gasteiger partial charge is 0.0808 e. The van der Waals surface area contributed by atoms with Gasteiger partial charge in [0.2, 0.25) is 0 Å². The van der Waals surface area contributed by atoms with Crippen LogP contribution in [0.3, 0.4) is 0 Å². The molecule has 0 N–H and O–H groups in total. The van der Waals surface area contributed by atoms with Crippen molar-refractivity contribution in [2.24, 2.45) is 47.3 Å². The van der Waals surface area contributed by atoms with Crippen molar-refractivity contribution in [1.82, 2.24) is 0 Å². The third-order valence-electron chi connectivity index (χ3n) is 15.8. The highest BCUT2D eigenvalue weighted by atomic mass is 28.3. The lowest BCUT2D eigenvalue weighted by molar-refractivity contribution is 0.275. The molecule has 0 aliphatic heterocycles. The van der Waals surface area contributed by atoms with Gasteiger partial charge in [0.05, 0.1) is 8.07 Å². The Morgan fingerprint density at radius 1 is 0.531 bits per heavy atom. The first kappa shape index (κ1) is 34.2. The average Bonchev–Trinajstić information content (AvgIpc) is 3.68. The summed E-state index contributed by atoms with van der Waals surface area (Å²) in [7, 11) is -1.75. The maximum atomic E-state index is 2.96. The van der Waals surface area contributed by atoms with E-state index in [0.29, 0.717) is 0 Å². The van der Waals surface area contributed by atoms with Crippen LogP contribution in [0.25, 0.3) is 0 Å². The van der Waals surface area contributed by atoms with Gasteiger partial charge in [0.15, 0.2) is 0 Å². The molecule has 49 heavy (non-hydrogen) atoms. The Bertz CT molecular complexity index is 1360. The Hall–Kier alpha value is -1.86. The second-order valence-corrected chi connectivity index (χ2v) is 24.1. The molecule has 0 nitrogen and oxygen atoms in total. The third-order valence-corrected chi connectivity index (χ3v) is 21.0. The number of allylic oxidation sites excluding steroid dienone is 16. The molecule has 264 valence electrons. The van der Waals surface area contributed by atoms with Crippen molar-refractivity contribution in [1.29, 1.82) is 0 Å². The third kappa shape index (κ3) is 6.90. The van der Waals surface area contributed by atoms with Crippen LogP contribution in [0.5, 0.6) is 0 Å². The van der Waals surface area contributed by atoms with Crippen LogP contribution < -0.4 is 0 Å². The summed E-state index contributed by atoms with van der Waals surface area (Å²) < 4.78 is 0. The Morgan fingerprint density at radius 3 is 1.35 bits per heavy atom. The van der Waals surface area contributed by atoms with Crippen molar-refractivity contribution in [3.05, 3.63) is 94.2 Å². The fraction of sp³-hybridized carbons (Fsp3) is 0.667. The van der Waals surface area contributed by atoms with E-state index in [2.05, 4.69) is 87.7 Å². The molecule has 0 aromatic rings. The molecule has 0 bridgehead atoms. The zero-order valence-electron chi connectivity index (χ0n) is 31.8. The summed E-state index contributed by atoms with van der Waals surface area (Å²) in [6.07, 6.45) is 51.6. The summed E-state index contributed by atoms with van der Waals surface area (Å²) >= 11 is 0. The van der Waals surface area contributed by atoms with E-state index < -0.39 is 8.07 Å². The van der Waals surface area contributed by atoms with Gasteiger partial charge in [0.25, 0.3) is 0 Å². The molecule has 0 amide bonds. The molecule has 0 aromatic heterocycles. The normalized spacial score (nSPS) is 37.1. The maximum absolute atomic E-state index is 2.96. The first-order valence-electron chi connectivity index (χ1n) is 21.4. The fourth-order valence-electron chi connectivity index (χ4n) is 13.7. The molecule has 0 spiro atoms. The number of hydrogen-bond acceptors (Lipinski definition) is 0. The van der Waals surface area contributed by atoms with Crippen molar-refractivity contribution >= 4 is 8.07 Å². The standard InChI is InChI=1S/C48H68Si/c1-33-21-25-37(26-22-33)41-17-11-19-43-45(41)31-39(29-35-13-7-5-8-14-35)47(43)49(3,4)48-40(30-36-15-9-6-10-16-36)32-46-42(18-12-20-44(46)48)38-27-23-34(2)24-28-38/h11-12,17-21,23,25,27,35-36,39-40,43-48H,5-10,13-16,22,24,26,28-32H2,1-4H3. The van der Waals surface area contributed by atoms with E-state index in [4.69, 9.17) is 0 Å². The van der Waals surface area contributed by atoms with Gasteiger partial charge in [-0.05, 0) is 146 Å². The minimum atomic E-state index is -1.75. The SMILES string of the molecule is CC1=CC=C(C2=CC=CC3C2CC(CC2CCCCC2)C3[Si](C)(C)C2C(CC3CCCCC3)CC3C(C4=CC=C(C)CC4)=CC=CC32)CC1. The summed E-state index contributed by atoms with van der Waals surface area (Å²) in [6.45, 7) is 10.6. The first-order chi connectivity index (χ1) is 23.9. The van der Waals surface area contributed by atoms with Gasteiger partial charge in [-0.3, -0.25) is 0 Å². The van der Waals surface area contributed by atoms with Crippen molar-refractivity contribution in [3.8, 4) is 0 Å². The molecule has 1 heteroatoms. The van der Waals surface area contributed by atoms with Crippen LogP contribution in [0.15, 0.2) is 94.2 Å². The number of rotatable bonds is 8. The molecular weight excluding hydrogens is 605 g/mol. The summed E-state index contributed by atoms with van der Waals surface area (Å²) in [5, 5.41) is 0. The summed E-state index contributed by atoms with van der Waals surface area (Å²) in [6, 6.07) is 0. The Morgan fingerprint density at radius 2 is 0.959 bits per heavy atom. The minimum Gasteiger partial charge on any atom is -0.0808 e. The molecule has 8 rings (SSSR count). The van der Waals surface area contributed by atoms with Gasteiger partial charge in [0.1, 0.15) is 0 Å². The molecule has 8 atom stereocenters. The van der Waals surface area contributed by atoms with Gasteiger partial charge in [-0.1, -0.05) is 149 Å². The van der Waals surface area contributed by atoms with Crippen LogP contribution in [0.4, 0.5) is 0 Å². The lowest BCUT2D eigenvalue weighted by atomic mass is 9.78. The Labute approximate surface area is 302 Å². The van der Waals surface area contributed by atoms with Crippen LogP contribution in [0.2, 0.25) is 24.2 Å². The van der Waals surface area contributed by atoms with Crippen molar-refractivity contribution < 1.29 is 0 Å². The molecule has 8 aliphatic rings. The van der Waals surface area contributed by atoms with E-state index in [9.17, 15) is 0 Å². The first-order valence-corrected chi connectivity index (χ1v) is 24.5. The van der Waals surface area contributed by atoms with Crippen LogP contribution in [0.1, 0.15) is 129 Å². The van der Waals surface area contributed by atoms with Gasteiger partial charge in [0, 0.05) is 0 Å². The van der Waals surface area contributed by atoms with E-state index in [0.717, 1.165) is 58.4 Å². The lowest BCUT2D eigenvalue weighted by Gasteiger charge is -2.48. The Balaban J connectivity index is 1.15. The second-order valence-electron chi connectivity index (χ2n) is 19.1. The maximum Gasteiger partial charge on any atom is 0.0553 e. The van der Waals surface area contributed by atoms with Crippen LogP contribution >= 0.6 is 0 Å². The summed E-state index contributed by atoms with van der Waals surface area (Å²) in [5.41, 5.74) is 11.8. The molecule has 0 aromatic carbocycles. The highest BCUT2D eigenvalue weighted by Crippen LogP contribution is 2.66. The zero-order valence-corrected chi connectivity index (χ0v) is 32.8. The molecule has 4 saturated carbocycles. The zero-order chi connectivity index (χ0) is 33.5. The van der Waals surface area contributed by atoms with Gasteiger partial charge in [-0.2, -0.15) is 0 Å². The van der Waals surface area contributed by atoms with E-state index >= 15 is 0 Å². The number of hydrogen-bond donors (Lipinski definition) is 0.